The summed E-state index contributed by atoms with van der Waals surface area (Å²) in [4.78, 5) is 25.6. The molecule has 1 heterocycles. The summed E-state index contributed by atoms with van der Waals surface area (Å²) in [5.74, 6) is -0.242. The van der Waals surface area contributed by atoms with Crippen molar-refractivity contribution in [3.63, 3.8) is 0 Å². The summed E-state index contributed by atoms with van der Waals surface area (Å²) in [6, 6.07) is 0.890. The van der Waals surface area contributed by atoms with Crippen molar-refractivity contribution in [3.8, 4) is 0 Å². The Morgan fingerprint density at radius 2 is 1.61 bits per heavy atom. The van der Waals surface area contributed by atoms with Gasteiger partial charge in [0.25, 0.3) is 5.91 Å². The smallest absolute Gasteiger partial charge is 0.310 e. The molecule has 2 fully saturated rings. The number of halogens is 5. The molecule has 1 aromatic rings. The minimum absolute atomic E-state index is 0.0195. The van der Waals surface area contributed by atoms with Crippen molar-refractivity contribution in [1.29, 1.82) is 0 Å². The van der Waals surface area contributed by atoms with Crippen molar-refractivity contribution in [2.45, 2.75) is 58.5 Å². The summed E-state index contributed by atoms with van der Waals surface area (Å²) in [5, 5.41) is 2.61. The van der Waals surface area contributed by atoms with Gasteiger partial charge < -0.3 is 10.2 Å². The Balaban J connectivity index is 1.78. The van der Waals surface area contributed by atoms with Gasteiger partial charge in [-0.1, -0.05) is 54.0 Å². The molecule has 2 aliphatic rings. The van der Waals surface area contributed by atoms with Gasteiger partial charge in [0.15, 0.2) is 0 Å². The normalized spacial score (nSPS) is 28.2. The van der Waals surface area contributed by atoms with E-state index in [-0.39, 0.29) is 35.1 Å². The fourth-order valence-corrected chi connectivity index (χ4v) is 5.50. The van der Waals surface area contributed by atoms with Gasteiger partial charge in [0, 0.05) is 18.2 Å². The van der Waals surface area contributed by atoms with Crippen molar-refractivity contribution in [1.82, 2.24) is 10.2 Å². The summed E-state index contributed by atoms with van der Waals surface area (Å²) < 4.78 is 64.5. The maximum Gasteiger partial charge on any atom is 0.310 e. The van der Waals surface area contributed by atoms with Crippen LogP contribution < -0.4 is 5.32 Å². The van der Waals surface area contributed by atoms with Crippen LogP contribution in [0.5, 0.6) is 0 Å². The first-order valence-corrected chi connectivity index (χ1v) is 12.1. The fourth-order valence-electron chi connectivity index (χ4n) is 4.85. The Labute approximate surface area is 179 Å². The van der Waals surface area contributed by atoms with E-state index in [1.807, 2.05) is 6.92 Å². The number of piperidine rings is 1. The molecule has 1 aromatic carbocycles. The van der Waals surface area contributed by atoms with Gasteiger partial charge >= 0.3 is 10.2 Å². The molecule has 4 atom stereocenters. The topological polar surface area (TPSA) is 49.4 Å². The van der Waals surface area contributed by atoms with E-state index in [0.717, 1.165) is 0 Å². The number of likely N-dealkylation sites (tertiary alicyclic amines) is 1. The SMILES string of the molecule is C[C@@H]1[C@@H]2[C@H](CN1C(=O)[C@@H](NC(=O)c1ccc(S(F)(F)(F)(F)F)cc1)C(C)(C)C)C2(C)C. The molecule has 4 nitrogen and oxygen atoms in total. The van der Waals surface area contributed by atoms with Gasteiger partial charge in [-0.25, -0.2) is 0 Å². The lowest BCUT2D eigenvalue weighted by Crippen LogP contribution is -2.56. The van der Waals surface area contributed by atoms with Crippen LogP contribution in [0, 0.1) is 22.7 Å². The van der Waals surface area contributed by atoms with Crippen molar-refractivity contribution in [3.05, 3.63) is 29.8 Å². The van der Waals surface area contributed by atoms with Crippen LogP contribution in [0.2, 0.25) is 0 Å². The number of hydrogen-bond donors (Lipinski definition) is 1. The van der Waals surface area contributed by atoms with Crippen LogP contribution in [0.15, 0.2) is 29.2 Å². The molecule has 1 saturated heterocycles. The van der Waals surface area contributed by atoms with Gasteiger partial charge in [0.1, 0.15) is 10.9 Å². The lowest BCUT2D eigenvalue weighted by Gasteiger charge is -2.40. The number of hydrogen-bond acceptors (Lipinski definition) is 2. The minimum Gasteiger partial charge on any atom is -0.340 e. The second kappa shape index (κ2) is 6.14. The zero-order valence-electron chi connectivity index (χ0n) is 18.4. The van der Waals surface area contributed by atoms with Crippen LogP contribution in [-0.2, 0) is 4.79 Å². The molecule has 0 radical (unpaired) electrons. The fraction of sp³-hybridized carbons (Fsp3) is 0.619. The number of rotatable bonds is 4. The van der Waals surface area contributed by atoms with E-state index in [1.165, 1.54) is 0 Å². The van der Waals surface area contributed by atoms with E-state index in [2.05, 4.69) is 19.2 Å². The number of benzene rings is 1. The van der Waals surface area contributed by atoms with E-state index in [4.69, 9.17) is 0 Å². The molecule has 1 aliphatic carbocycles. The number of amides is 2. The number of nitrogens with zero attached hydrogens (tertiary/aromatic N) is 1. The summed E-state index contributed by atoms with van der Waals surface area (Å²) in [6.07, 6.45) is 0. The highest BCUT2D eigenvalue weighted by molar-refractivity contribution is 8.45. The van der Waals surface area contributed by atoms with Gasteiger partial charge in [0.2, 0.25) is 5.91 Å². The molecular weight excluding hydrogens is 439 g/mol. The molecule has 1 aliphatic heterocycles. The van der Waals surface area contributed by atoms with Crippen LogP contribution >= 0.6 is 10.2 Å². The van der Waals surface area contributed by atoms with Crippen molar-refractivity contribution < 1.29 is 29.0 Å². The van der Waals surface area contributed by atoms with E-state index in [1.54, 1.807) is 25.7 Å². The van der Waals surface area contributed by atoms with Gasteiger partial charge in [-0.3, -0.25) is 9.59 Å². The Hall–Kier alpha value is -1.84. The largest absolute Gasteiger partial charge is 0.340 e. The molecule has 3 rings (SSSR count). The summed E-state index contributed by atoms with van der Waals surface area (Å²) >= 11 is 0. The predicted molar refractivity (Wildman–Crippen MR) is 110 cm³/mol. The summed E-state index contributed by atoms with van der Waals surface area (Å²) in [5.41, 5.74) is -0.717. The summed E-state index contributed by atoms with van der Waals surface area (Å²) in [7, 11) is -9.81. The molecule has 1 N–H and O–H groups in total. The average molecular weight is 469 g/mol. The molecule has 176 valence electrons. The molecule has 0 bridgehead atoms. The van der Waals surface area contributed by atoms with Crippen molar-refractivity contribution in [2.24, 2.45) is 22.7 Å². The van der Waals surface area contributed by atoms with Crippen LogP contribution in [0.4, 0.5) is 19.4 Å². The first-order chi connectivity index (χ1) is 13.6. The second-order valence-electron chi connectivity index (χ2n) is 10.5. The van der Waals surface area contributed by atoms with Crippen molar-refractivity contribution >= 4 is 22.0 Å². The number of nitrogens with one attached hydrogen (secondary N) is 1. The van der Waals surface area contributed by atoms with E-state index < -0.39 is 32.5 Å². The van der Waals surface area contributed by atoms with Crippen LogP contribution in [0.25, 0.3) is 0 Å². The quantitative estimate of drug-likeness (QED) is 0.552. The minimum atomic E-state index is -9.81. The van der Waals surface area contributed by atoms with Gasteiger partial charge in [-0.15, -0.1) is 0 Å². The average Bonchev–Trinajstić information content (AvgIpc) is 2.92. The number of carbonyl (C=O) groups is 2. The monoisotopic (exact) mass is 468 g/mol. The molecule has 2 amide bonds. The van der Waals surface area contributed by atoms with Crippen molar-refractivity contribution in [2.75, 3.05) is 6.54 Å². The van der Waals surface area contributed by atoms with E-state index in [0.29, 0.717) is 30.5 Å². The van der Waals surface area contributed by atoms with Crippen LogP contribution in [-0.4, -0.2) is 35.3 Å². The zero-order chi connectivity index (χ0) is 23.8. The third-order valence-corrected chi connectivity index (χ3v) is 7.94. The van der Waals surface area contributed by atoms with Gasteiger partial charge in [-0.2, -0.15) is 0 Å². The number of carbonyl (C=O) groups excluding carboxylic acids is 2. The molecule has 0 spiro atoms. The highest BCUT2D eigenvalue weighted by Crippen LogP contribution is 3.02. The molecule has 0 unspecified atom stereocenters. The van der Waals surface area contributed by atoms with Gasteiger partial charge in [0.05, 0.1) is 0 Å². The Bertz CT molecular complexity index is 923. The molecule has 1 saturated carbocycles. The summed E-state index contributed by atoms with van der Waals surface area (Å²) in [6.45, 7) is 12.2. The first-order valence-electron chi connectivity index (χ1n) is 10.1. The molecular formula is C21H29F5N2O2S. The molecule has 31 heavy (non-hydrogen) atoms. The van der Waals surface area contributed by atoms with Crippen LogP contribution in [0.1, 0.15) is 51.9 Å². The second-order valence-corrected chi connectivity index (χ2v) is 12.9. The lowest BCUT2D eigenvalue weighted by atomic mass is 9.85. The molecule has 0 aromatic heterocycles. The highest BCUT2D eigenvalue weighted by Gasteiger charge is 2.67. The Morgan fingerprint density at radius 3 is 2.00 bits per heavy atom. The lowest BCUT2D eigenvalue weighted by molar-refractivity contribution is -0.137. The van der Waals surface area contributed by atoms with E-state index >= 15 is 0 Å². The van der Waals surface area contributed by atoms with E-state index in [9.17, 15) is 29.0 Å². The maximum absolute atomic E-state index is 13.3. The third-order valence-electron chi connectivity index (χ3n) is 6.78. The predicted octanol–water partition coefficient (Wildman–Crippen LogP) is 5.99. The maximum atomic E-state index is 13.3. The van der Waals surface area contributed by atoms with Crippen LogP contribution in [0.3, 0.4) is 0 Å². The zero-order valence-corrected chi connectivity index (χ0v) is 19.2. The standard InChI is InChI=1S/C21H29F5N2O2S/c1-12-16-15(21(16,5)6)11-28(12)19(30)17(20(2,3)4)27-18(29)13-7-9-14(10-8-13)31(22,23,24,25)26/h7-10,12,15-17H,11H2,1-6H3,(H,27,29)/t12-,15+,16-,17-/m1/s1. The first kappa shape index (κ1) is 23.8. The highest BCUT2D eigenvalue weighted by atomic mass is 32.5. The van der Waals surface area contributed by atoms with Gasteiger partial charge in [-0.05, 0) is 53.9 Å². The number of fused-ring (bicyclic) bond motifs is 1. The molecule has 10 heteroatoms. The Morgan fingerprint density at radius 1 is 1.10 bits per heavy atom. The Kier molecular flexibility index (Phi) is 4.72. The third kappa shape index (κ3) is 4.40.